The molecule has 31 heavy (non-hydrogen) atoms. The average molecular weight is 451 g/mol. The molecule has 0 saturated heterocycles. The number of nitrogens with zero attached hydrogens (tertiary/aromatic N) is 2. The third-order valence-electron chi connectivity index (χ3n) is 4.54. The van der Waals surface area contributed by atoms with Gasteiger partial charge in [0.05, 0.1) is 16.3 Å². The van der Waals surface area contributed by atoms with Gasteiger partial charge in [-0.3, -0.25) is 9.59 Å². The molecule has 0 aliphatic carbocycles. The fourth-order valence-electron chi connectivity index (χ4n) is 3.03. The molecule has 2 aromatic carbocycles. The van der Waals surface area contributed by atoms with E-state index in [-0.39, 0.29) is 11.8 Å². The molecule has 0 saturated carbocycles. The van der Waals surface area contributed by atoms with Crippen LogP contribution in [0.25, 0.3) is 5.69 Å². The molecule has 0 atom stereocenters. The van der Waals surface area contributed by atoms with Crippen LogP contribution in [0.3, 0.4) is 0 Å². The van der Waals surface area contributed by atoms with Gasteiger partial charge in [0, 0.05) is 23.2 Å². The average Bonchev–Trinajstić information content (AvgIpc) is 3.42. The highest BCUT2D eigenvalue weighted by Crippen LogP contribution is 2.21. The monoisotopic (exact) mass is 450 g/mol. The van der Waals surface area contributed by atoms with Gasteiger partial charge in [-0.1, -0.05) is 35.9 Å². The third kappa shape index (κ3) is 5.02. The number of carbonyl (C=O) groups is 2. The third-order valence-corrected chi connectivity index (χ3v) is 5.64. The summed E-state index contributed by atoms with van der Waals surface area (Å²) in [6, 6.07) is 19.8. The smallest absolute Gasteiger partial charge is 0.261 e. The standard InChI is InChI=1S/C23H19ClN4O2S/c1-15-12-21(28(27-15)19-5-2-4-18(24)13-19)26-22(29)17-9-7-16(8-10-17)14-25-23(30)20-6-3-11-31-20/h2-13H,14H2,1H3,(H,25,30)(H,26,29). The van der Waals surface area contributed by atoms with E-state index < -0.39 is 0 Å². The van der Waals surface area contributed by atoms with Crippen LogP contribution in [0.4, 0.5) is 5.82 Å². The molecule has 2 amide bonds. The zero-order valence-electron chi connectivity index (χ0n) is 16.6. The fraction of sp³-hybridized carbons (Fsp3) is 0.0870. The zero-order chi connectivity index (χ0) is 21.8. The van der Waals surface area contributed by atoms with E-state index in [1.165, 1.54) is 11.3 Å². The highest BCUT2D eigenvalue weighted by atomic mass is 35.5. The second-order valence-corrected chi connectivity index (χ2v) is 8.26. The first-order valence-corrected chi connectivity index (χ1v) is 10.8. The predicted octanol–water partition coefficient (Wildman–Crippen LogP) is 5.08. The molecule has 156 valence electrons. The van der Waals surface area contributed by atoms with Crippen LogP contribution < -0.4 is 10.6 Å². The van der Waals surface area contributed by atoms with Crippen molar-refractivity contribution in [1.82, 2.24) is 15.1 Å². The number of thiophene rings is 1. The molecule has 2 heterocycles. The Balaban J connectivity index is 1.43. The van der Waals surface area contributed by atoms with Crippen LogP contribution in [-0.2, 0) is 6.54 Å². The van der Waals surface area contributed by atoms with Crippen molar-refractivity contribution in [2.75, 3.05) is 5.32 Å². The molecule has 8 heteroatoms. The van der Waals surface area contributed by atoms with Crippen molar-refractivity contribution in [2.24, 2.45) is 0 Å². The molecule has 2 N–H and O–H groups in total. The second-order valence-electron chi connectivity index (χ2n) is 6.87. The summed E-state index contributed by atoms with van der Waals surface area (Å²) in [7, 11) is 0. The van der Waals surface area contributed by atoms with Crippen LogP contribution in [0.2, 0.25) is 5.02 Å². The number of aryl methyl sites for hydroxylation is 1. The van der Waals surface area contributed by atoms with Crippen LogP contribution >= 0.6 is 22.9 Å². The van der Waals surface area contributed by atoms with Gasteiger partial charge in [-0.25, -0.2) is 4.68 Å². The Morgan fingerprint density at radius 2 is 1.84 bits per heavy atom. The maximum atomic E-state index is 12.8. The van der Waals surface area contributed by atoms with Crippen molar-refractivity contribution in [3.05, 3.63) is 98.8 Å². The molecule has 4 rings (SSSR count). The summed E-state index contributed by atoms with van der Waals surface area (Å²) in [4.78, 5) is 25.5. The minimum atomic E-state index is -0.252. The van der Waals surface area contributed by atoms with E-state index >= 15 is 0 Å². The van der Waals surface area contributed by atoms with Gasteiger partial charge in [0.15, 0.2) is 0 Å². The highest BCUT2D eigenvalue weighted by molar-refractivity contribution is 7.12. The summed E-state index contributed by atoms with van der Waals surface area (Å²) in [5, 5.41) is 12.7. The topological polar surface area (TPSA) is 76.0 Å². The summed E-state index contributed by atoms with van der Waals surface area (Å²) in [6.07, 6.45) is 0. The van der Waals surface area contributed by atoms with Crippen LogP contribution in [0.1, 0.15) is 31.3 Å². The molecule has 2 aromatic heterocycles. The summed E-state index contributed by atoms with van der Waals surface area (Å²) in [5.41, 5.74) is 2.94. The normalized spacial score (nSPS) is 10.6. The summed E-state index contributed by atoms with van der Waals surface area (Å²) >= 11 is 7.49. The molecule has 0 unspecified atom stereocenters. The summed E-state index contributed by atoms with van der Waals surface area (Å²) in [5.74, 6) is 0.191. The van der Waals surface area contributed by atoms with Gasteiger partial charge in [-0.2, -0.15) is 5.10 Å². The van der Waals surface area contributed by atoms with E-state index in [4.69, 9.17) is 11.6 Å². The molecule has 0 spiro atoms. The first-order chi connectivity index (χ1) is 15.0. The van der Waals surface area contributed by atoms with Crippen molar-refractivity contribution in [3.63, 3.8) is 0 Å². The van der Waals surface area contributed by atoms with Gasteiger partial charge in [0.2, 0.25) is 0 Å². The molecule has 4 aromatic rings. The number of amides is 2. The Kier molecular flexibility index (Phi) is 6.16. The van der Waals surface area contributed by atoms with Gasteiger partial charge in [-0.15, -0.1) is 11.3 Å². The number of nitrogens with one attached hydrogen (secondary N) is 2. The minimum absolute atomic E-state index is 0.110. The zero-order valence-corrected chi connectivity index (χ0v) is 18.2. The lowest BCUT2D eigenvalue weighted by molar-refractivity contribution is 0.0953. The van der Waals surface area contributed by atoms with E-state index in [2.05, 4.69) is 15.7 Å². The number of hydrogen-bond acceptors (Lipinski definition) is 4. The minimum Gasteiger partial charge on any atom is -0.347 e. The molecule has 0 radical (unpaired) electrons. The lowest BCUT2D eigenvalue weighted by atomic mass is 10.1. The van der Waals surface area contributed by atoms with Crippen molar-refractivity contribution < 1.29 is 9.59 Å². The number of carbonyl (C=O) groups excluding carboxylic acids is 2. The van der Waals surface area contributed by atoms with Gasteiger partial charge < -0.3 is 10.6 Å². The number of anilines is 1. The Hall–Kier alpha value is -3.42. The van der Waals surface area contributed by atoms with E-state index in [0.29, 0.717) is 27.8 Å². The van der Waals surface area contributed by atoms with Crippen molar-refractivity contribution >= 4 is 40.6 Å². The second kappa shape index (κ2) is 9.16. The van der Waals surface area contributed by atoms with Crippen LogP contribution in [-0.4, -0.2) is 21.6 Å². The SMILES string of the molecule is Cc1cc(NC(=O)c2ccc(CNC(=O)c3cccs3)cc2)n(-c2cccc(Cl)c2)n1. The number of halogens is 1. The van der Waals surface area contributed by atoms with E-state index in [0.717, 1.165) is 16.9 Å². The van der Waals surface area contributed by atoms with Gasteiger partial charge in [0.25, 0.3) is 11.8 Å². The molecule has 0 bridgehead atoms. The Morgan fingerprint density at radius 1 is 1.03 bits per heavy atom. The van der Waals surface area contributed by atoms with Gasteiger partial charge >= 0.3 is 0 Å². The quantitative estimate of drug-likeness (QED) is 0.430. The summed E-state index contributed by atoms with van der Waals surface area (Å²) in [6.45, 7) is 2.25. The molecule has 0 aliphatic rings. The van der Waals surface area contributed by atoms with Gasteiger partial charge in [-0.05, 0) is 54.3 Å². The van der Waals surface area contributed by atoms with Crippen LogP contribution in [0, 0.1) is 6.92 Å². The van der Waals surface area contributed by atoms with Crippen molar-refractivity contribution in [2.45, 2.75) is 13.5 Å². The van der Waals surface area contributed by atoms with E-state index in [9.17, 15) is 9.59 Å². The number of benzene rings is 2. The molecule has 0 aliphatic heterocycles. The predicted molar refractivity (Wildman–Crippen MR) is 123 cm³/mol. The molecular weight excluding hydrogens is 432 g/mol. The number of aromatic nitrogens is 2. The lowest BCUT2D eigenvalue weighted by Crippen LogP contribution is -2.21. The molecular formula is C23H19ClN4O2S. The van der Waals surface area contributed by atoms with Gasteiger partial charge in [0.1, 0.15) is 5.82 Å². The maximum absolute atomic E-state index is 12.8. The van der Waals surface area contributed by atoms with E-state index in [1.807, 2.05) is 42.6 Å². The first kappa shape index (κ1) is 20.8. The van der Waals surface area contributed by atoms with Crippen LogP contribution in [0.5, 0.6) is 0 Å². The lowest BCUT2D eigenvalue weighted by Gasteiger charge is -2.10. The number of rotatable bonds is 6. The molecule has 6 nitrogen and oxygen atoms in total. The Labute approximate surface area is 188 Å². The Bertz CT molecular complexity index is 1220. The maximum Gasteiger partial charge on any atom is 0.261 e. The van der Waals surface area contributed by atoms with Crippen molar-refractivity contribution in [3.8, 4) is 5.69 Å². The fourth-order valence-corrected chi connectivity index (χ4v) is 3.86. The largest absolute Gasteiger partial charge is 0.347 e. The summed E-state index contributed by atoms with van der Waals surface area (Å²) < 4.78 is 1.65. The van der Waals surface area contributed by atoms with Crippen LogP contribution in [0.15, 0.2) is 72.1 Å². The molecule has 0 fully saturated rings. The number of hydrogen-bond donors (Lipinski definition) is 2. The first-order valence-electron chi connectivity index (χ1n) is 9.54. The van der Waals surface area contributed by atoms with E-state index in [1.54, 1.807) is 41.1 Å². The highest BCUT2D eigenvalue weighted by Gasteiger charge is 2.13. The van der Waals surface area contributed by atoms with Crippen molar-refractivity contribution in [1.29, 1.82) is 0 Å². The Morgan fingerprint density at radius 3 is 2.55 bits per heavy atom.